The number of nitrogens with one attached hydrogen (secondary N) is 1. The van der Waals surface area contributed by atoms with E-state index in [1.165, 1.54) is 0 Å². The number of pyridine rings is 1. The number of benzene rings is 1. The topological polar surface area (TPSA) is 65.5 Å². The molecule has 0 aliphatic carbocycles. The SMILES string of the molecule is O=C(NC1CCN(c2ccnc(CO)c2)CC1)c1ccccc1. The number of hydrogen-bond acceptors (Lipinski definition) is 4. The largest absolute Gasteiger partial charge is 0.390 e. The first-order valence-corrected chi connectivity index (χ1v) is 7.93. The number of aromatic nitrogens is 1. The molecule has 0 bridgehead atoms. The Morgan fingerprint density at radius 3 is 2.65 bits per heavy atom. The highest BCUT2D eigenvalue weighted by atomic mass is 16.3. The van der Waals surface area contributed by atoms with Crippen molar-refractivity contribution < 1.29 is 9.90 Å². The number of nitrogens with zero attached hydrogens (tertiary/aromatic N) is 2. The Morgan fingerprint density at radius 2 is 1.96 bits per heavy atom. The Balaban J connectivity index is 1.55. The van der Waals surface area contributed by atoms with Crippen molar-refractivity contribution in [3.05, 3.63) is 59.9 Å². The molecule has 0 atom stereocenters. The fourth-order valence-corrected chi connectivity index (χ4v) is 2.89. The average Bonchev–Trinajstić information content (AvgIpc) is 2.63. The molecule has 3 rings (SSSR count). The highest BCUT2D eigenvalue weighted by molar-refractivity contribution is 5.94. The average molecular weight is 311 g/mol. The third kappa shape index (κ3) is 3.87. The van der Waals surface area contributed by atoms with Crippen molar-refractivity contribution in [2.24, 2.45) is 0 Å². The predicted molar refractivity (Wildman–Crippen MR) is 89.3 cm³/mol. The van der Waals surface area contributed by atoms with Crippen LogP contribution in [0.15, 0.2) is 48.7 Å². The summed E-state index contributed by atoms with van der Waals surface area (Å²) in [5.74, 6) is -0.00414. The first-order chi connectivity index (χ1) is 11.3. The van der Waals surface area contributed by atoms with Crippen LogP contribution in [0, 0.1) is 0 Å². The summed E-state index contributed by atoms with van der Waals surface area (Å²) in [6.07, 6.45) is 3.55. The predicted octanol–water partition coefficient (Wildman–Crippen LogP) is 1.97. The first kappa shape index (κ1) is 15.5. The molecule has 5 heteroatoms. The standard InChI is InChI=1S/C18H21N3O2/c22-13-16-12-17(6-9-19-16)21-10-7-15(8-11-21)20-18(23)14-4-2-1-3-5-14/h1-6,9,12,15,22H,7-8,10-11,13H2,(H,20,23). The summed E-state index contributed by atoms with van der Waals surface area (Å²) in [7, 11) is 0. The molecule has 120 valence electrons. The number of aliphatic hydroxyl groups is 1. The van der Waals surface area contributed by atoms with Crippen LogP contribution >= 0.6 is 0 Å². The lowest BCUT2D eigenvalue weighted by molar-refractivity contribution is 0.0931. The minimum absolute atomic E-state index is 0.00414. The van der Waals surface area contributed by atoms with Gasteiger partial charge in [0.05, 0.1) is 12.3 Å². The van der Waals surface area contributed by atoms with E-state index in [1.807, 2.05) is 42.5 Å². The molecule has 1 aliphatic rings. The maximum atomic E-state index is 12.2. The van der Waals surface area contributed by atoms with Crippen molar-refractivity contribution in [1.82, 2.24) is 10.3 Å². The highest BCUT2D eigenvalue weighted by Gasteiger charge is 2.21. The molecular formula is C18H21N3O2. The van der Waals surface area contributed by atoms with Crippen LogP contribution in [-0.4, -0.2) is 35.1 Å². The van der Waals surface area contributed by atoms with Gasteiger partial charge < -0.3 is 15.3 Å². The van der Waals surface area contributed by atoms with E-state index in [-0.39, 0.29) is 18.6 Å². The van der Waals surface area contributed by atoms with Crippen LogP contribution in [0.2, 0.25) is 0 Å². The van der Waals surface area contributed by atoms with Crippen LogP contribution in [-0.2, 0) is 6.61 Å². The number of carbonyl (C=O) groups is 1. The summed E-state index contributed by atoms with van der Waals surface area (Å²) in [5.41, 5.74) is 2.47. The van der Waals surface area contributed by atoms with Crippen molar-refractivity contribution in [2.45, 2.75) is 25.5 Å². The Kier molecular flexibility index (Phi) is 4.88. The summed E-state index contributed by atoms with van der Waals surface area (Å²) < 4.78 is 0. The summed E-state index contributed by atoms with van der Waals surface area (Å²) in [6, 6.07) is 13.4. The van der Waals surface area contributed by atoms with Crippen LogP contribution in [0.3, 0.4) is 0 Å². The van der Waals surface area contributed by atoms with Gasteiger partial charge in [0.15, 0.2) is 0 Å². The number of piperidine rings is 1. The number of carbonyl (C=O) groups excluding carboxylic acids is 1. The lowest BCUT2D eigenvalue weighted by Gasteiger charge is -2.34. The second-order valence-corrected chi connectivity index (χ2v) is 5.76. The highest BCUT2D eigenvalue weighted by Crippen LogP contribution is 2.20. The van der Waals surface area contributed by atoms with Crippen molar-refractivity contribution >= 4 is 11.6 Å². The zero-order valence-corrected chi connectivity index (χ0v) is 13.0. The van der Waals surface area contributed by atoms with Gasteiger partial charge in [-0.2, -0.15) is 0 Å². The number of anilines is 1. The van der Waals surface area contributed by atoms with Gasteiger partial charge in [-0.3, -0.25) is 9.78 Å². The first-order valence-electron chi connectivity index (χ1n) is 7.93. The van der Waals surface area contributed by atoms with Gasteiger partial charge >= 0.3 is 0 Å². The van der Waals surface area contributed by atoms with Crippen LogP contribution in [0.1, 0.15) is 28.9 Å². The van der Waals surface area contributed by atoms with Gasteiger partial charge in [0.2, 0.25) is 0 Å². The van der Waals surface area contributed by atoms with E-state index in [1.54, 1.807) is 6.20 Å². The van der Waals surface area contributed by atoms with Gasteiger partial charge in [0.1, 0.15) is 0 Å². The maximum absolute atomic E-state index is 12.2. The quantitative estimate of drug-likeness (QED) is 0.906. The van der Waals surface area contributed by atoms with Gasteiger partial charge in [0, 0.05) is 36.6 Å². The molecule has 1 amide bonds. The molecule has 0 radical (unpaired) electrons. The molecule has 1 aromatic carbocycles. The Bertz CT molecular complexity index is 652. The molecule has 1 fully saturated rings. The van der Waals surface area contributed by atoms with Crippen molar-refractivity contribution in [2.75, 3.05) is 18.0 Å². The lowest BCUT2D eigenvalue weighted by Crippen LogP contribution is -2.44. The van der Waals surface area contributed by atoms with E-state index in [9.17, 15) is 9.90 Å². The number of rotatable bonds is 4. The van der Waals surface area contributed by atoms with E-state index >= 15 is 0 Å². The molecule has 2 N–H and O–H groups in total. The number of amides is 1. The van der Waals surface area contributed by atoms with Crippen LogP contribution in [0.4, 0.5) is 5.69 Å². The van der Waals surface area contributed by atoms with Crippen molar-refractivity contribution in [3.63, 3.8) is 0 Å². The molecule has 1 aromatic heterocycles. The van der Waals surface area contributed by atoms with Gasteiger partial charge in [-0.15, -0.1) is 0 Å². The molecule has 2 heterocycles. The molecule has 0 unspecified atom stereocenters. The smallest absolute Gasteiger partial charge is 0.251 e. The normalized spacial score (nSPS) is 15.4. The molecule has 23 heavy (non-hydrogen) atoms. The van der Waals surface area contributed by atoms with E-state index in [0.29, 0.717) is 11.3 Å². The summed E-state index contributed by atoms with van der Waals surface area (Å²) in [6.45, 7) is 1.72. The van der Waals surface area contributed by atoms with E-state index < -0.39 is 0 Å². The second kappa shape index (κ2) is 7.24. The molecule has 1 saturated heterocycles. The summed E-state index contributed by atoms with van der Waals surface area (Å²) in [4.78, 5) is 18.6. The van der Waals surface area contributed by atoms with Crippen LogP contribution < -0.4 is 10.2 Å². The third-order valence-electron chi connectivity index (χ3n) is 4.19. The third-order valence-corrected chi connectivity index (χ3v) is 4.19. The molecular weight excluding hydrogens is 290 g/mol. The fourth-order valence-electron chi connectivity index (χ4n) is 2.89. The Labute approximate surface area is 136 Å². The zero-order chi connectivity index (χ0) is 16.1. The lowest BCUT2D eigenvalue weighted by atomic mass is 10.0. The number of hydrogen-bond donors (Lipinski definition) is 2. The minimum Gasteiger partial charge on any atom is -0.390 e. The monoisotopic (exact) mass is 311 g/mol. The minimum atomic E-state index is -0.0442. The van der Waals surface area contributed by atoms with E-state index in [4.69, 9.17) is 0 Å². The van der Waals surface area contributed by atoms with E-state index in [0.717, 1.165) is 31.6 Å². The molecule has 0 saturated carbocycles. The Morgan fingerprint density at radius 1 is 1.22 bits per heavy atom. The molecule has 0 spiro atoms. The van der Waals surface area contributed by atoms with Crippen LogP contribution in [0.25, 0.3) is 0 Å². The van der Waals surface area contributed by atoms with Gasteiger partial charge in [0.25, 0.3) is 5.91 Å². The van der Waals surface area contributed by atoms with Crippen molar-refractivity contribution in [1.29, 1.82) is 0 Å². The maximum Gasteiger partial charge on any atom is 0.251 e. The molecule has 2 aromatic rings. The summed E-state index contributed by atoms with van der Waals surface area (Å²) >= 11 is 0. The molecule has 1 aliphatic heterocycles. The zero-order valence-electron chi connectivity index (χ0n) is 13.0. The van der Waals surface area contributed by atoms with Crippen molar-refractivity contribution in [3.8, 4) is 0 Å². The van der Waals surface area contributed by atoms with Crippen LogP contribution in [0.5, 0.6) is 0 Å². The second-order valence-electron chi connectivity index (χ2n) is 5.76. The van der Waals surface area contributed by atoms with E-state index in [2.05, 4.69) is 15.2 Å². The van der Waals surface area contributed by atoms with Gasteiger partial charge in [-0.1, -0.05) is 18.2 Å². The Hall–Kier alpha value is -2.40. The van der Waals surface area contributed by atoms with Gasteiger partial charge in [-0.05, 0) is 37.1 Å². The number of aliphatic hydroxyl groups excluding tert-OH is 1. The van der Waals surface area contributed by atoms with Gasteiger partial charge in [-0.25, -0.2) is 0 Å². The molecule has 5 nitrogen and oxygen atoms in total. The summed E-state index contributed by atoms with van der Waals surface area (Å²) in [5, 5.41) is 12.3. The fraction of sp³-hybridized carbons (Fsp3) is 0.333.